The van der Waals surface area contributed by atoms with E-state index in [1.807, 2.05) is 0 Å². The van der Waals surface area contributed by atoms with Crippen LogP contribution in [0.3, 0.4) is 0 Å². The van der Waals surface area contributed by atoms with Crippen molar-refractivity contribution in [1.82, 2.24) is 29.5 Å². The fourth-order valence-electron chi connectivity index (χ4n) is 2.54. The van der Waals surface area contributed by atoms with Crippen LogP contribution in [-0.2, 0) is 13.6 Å². The SMILES string of the molecule is Cn1cc(Nc2ncc3cnn(Cc4cc(F)cc(F)c4F)c3n2)cn1. The maximum absolute atomic E-state index is 13.9. The van der Waals surface area contributed by atoms with E-state index in [4.69, 9.17) is 0 Å². The lowest BCUT2D eigenvalue weighted by Crippen LogP contribution is -2.07. The molecule has 0 saturated heterocycles. The highest BCUT2D eigenvalue weighted by molar-refractivity contribution is 5.75. The van der Waals surface area contributed by atoms with Gasteiger partial charge < -0.3 is 5.32 Å². The van der Waals surface area contributed by atoms with Crippen LogP contribution in [0.1, 0.15) is 5.56 Å². The predicted octanol–water partition coefficient (Wildman–Crippen LogP) is 2.77. The van der Waals surface area contributed by atoms with Crippen LogP contribution in [0.4, 0.5) is 24.8 Å². The molecule has 26 heavy (non-hydrogen) atoms. The van der Waals surface area contributed by atoms with E-state index in [0.717, 1.165) is 6.07 Å². The van der Waals surface area contributed by atoms with Crippen LogP contribution in [0.25, 0.3) is 11.0 Å². The number of hydrogen-bond acceptors (Lipinski definition) is 5. The van der Waals surface area contributed by atoms with Crippen molar-refractivity contribution in [3.05, 3.63) is 59.9 Å². The zero-order valence-corrected chi connectivity index (χ0v) is 13.5. The van der Waals surface area contributed by atoms with Crippen molar-refractivity contribution in [2.45, 2.75) is 6.54 Å². The molecule has 0 saturated carbocycles. The summed E-state index contributed by atoms with van der Waals surface area (Å²) in [7, 11) is 1.77. The zero-order valence-electron chi connectivity index (χ0n) is 13.5. The van der Waals surface area contributed by atoms with Gasteiger partial charge >= 0.3 is 0 Å². The number of anilines is 2. The van der Waals surface area contributed by atoms with E-state index >= 15 is 0 Å². The zero-order chi connectivity index (χ0) is 18.3. The van der Waals surface area contributed by atoms with Gasteiger partial charge in [-0.2, -0.15) is 15.2 Å². The lowest BCUT2D eigenvalue weighted by molar-refractivity contribution is 0.479. The van der Waals surface area contributed by atoms with E-state index in [2.05, 4.69) is 25.5 Å². The molecule has 7 nitrogen and oxygen atoms in total. The maximum Gasteiger partial charge on any atom is 0.229 e. The second kappa shape index (κ2) is 6.14. The number of aryl methyl sites for hydroxylation is 1. The normalized spacial score (nSPS) is 11.2. The number of halogens is 3. The van der Waals surface area contributed by atoms with Gasteiger partial charge in [0.1, 0.15) is 5.82 Å². The standard InChI is InChI=1S/C16H12F3N7/c1-25-8-12(6-21-25)23-16-20-4-10-5-22-26(15(10)24-16)7-9-2-11(17)3-13(18)14(9)19/h2-6,8H,7H2,1H3,(H,20,23,24). The first-order valence-corrected chi connectivity index (χ1v) is 7.57. The molecule has 3 aromatic heterocycles. The van der Waals surface area contributed by atoms with Crippen LogP contribution < -0.4 is 5.32 Å². The minimum absolute atomic E-state index is 0.159. The van der Waals surface area contributed by atoms with Gasteiger partial charge in [-0.1, -0.05) is 0 Å². The minimum atomic E-state index is -1.25. The van der Waals surface area contributed by atoms with Gasteiger partial charge in [-0.05, 0) is 6.07 Å². The Balaban J connectivity index is 1.69. The summed E-state index contributed by atoms with van der Waals surface area (Å²) in [6.45, 7) is -0.173. The van der Waals surface area contributed by atoms with Crippen LogP contribution in [0.15, 0.2) is 36.9 Å². The third-order valence-corrected chi connectivity index (χ3v) is 3.73. The Morgan fingerprint density at radius 2 is 1.92 bits per heavy atom. The summed E-state index contributed by atoms with van der Waals surface area (Å²) in [6.07, 6.45) is 6.40. The first-order valence-electron chi connectivity index (χ1n) is 7.57. The number of hydrogen-bond donors (Lipinski definition) is 1. The molecule has 3 heterocycles. The fraction of sp³-hybridized carbons (Fsp3) is 0.125. The molecule has 132 valence electrons. The lowest BCUT2D eigenvalue weighted by atomic mass is 10.2. The van der Waals surface area contributed by atoms with Crippen LogP contribution in [-0.4, -0.2) is 29.5 Å². The topological polar surface area (TPSA) is 73.5 Å². The number of aromatic nitrogens is 6. The molecule has 0 aliphatic carbocycles. The fourth-order valence-corrected chi connectivity index (χ4v) is 2.54. The van der Waals surface area contributed by atoms with Gasteiger partial charge in [-0.15, -0.1) is 0 Å². The highest BCUT2D eigenvalue weighted by Crippen LogP contribution is 2.19. The Kier molecular flexibility index (Phi) is 3.79. The molecule has 10 heteroatoms. The summed E-state index contributed by atoms with van der Waals surface area (Å²) in [4.78, 5) is 8.51. The Labute approximate surface area is 145 Å². The van der Waals surface area contributed by atoms with E-state index in [1.54, 1.807) is 30.3 Å². The van der Waals surface area contributed by atoms with E-state index in [1.165, 1.54) is 10.9 Å². The molecule has 0 aliphatic rings. The van der Waals surface area contributed by atoms with Gasteiger partial charge in [-0.25, -0.2) is 22.8 Å². The van der Waals surface area contributed by atoms with Gasteiger partial charge in [0, 0.05) is 31.1 Å². The van der Waals surface area contributed by atoms with Gasteiger partial charge in [0.15, 0.2) is 17.3 Å². The summed E-state index contributed by atoms with van der Waals surface area (Å²) in [5.74, 6) is -2.93. The summed E-state index contributed by atoms with van der Waals surface area (Å²) in [6, 6.07) is 1.43. The Morgan fingerprint density at radius 1 is 1.08 bits per heavy atom. The van der Waals surface area contributed by atoms with Gasteiger partial charge in [0.05, 0.1) is 30.0 Å². The molecule has 4 aromatic rings. The van der Waals surface area contributed by atoms with Crippen molar-refractivity contribution in [2.24, 2.45) is 7.05 Å². The van der Waals surface area contributed by atoms with E-state index in [0.29, 0.717) is 22.8 Å². The molecule has 0 spiro atoms. The first kappa shape index (κ1) is 16.1. The molecular formula is C16H12F3N7. The number of fused-ring (bicyclic) bond motifs is 1. The Morgan fingerprint density at radius 3 is 2.69 bits per heavy atom. The van der Waals surface area contributed by atoms with E-state index < -0.39 is 17.5 Å². The van der Waals surface area contributed by atoms with Crippen molar-refractivity contribution in [3.63, 3.8) is 0 Å². The largest absolute Gasteiger partial charge is 0.321 e. The quantitative estimate of drug-likeness (QED) is 0.567. The van der Waals surface area contributed by atoms with Gasteiger partial charge in [0.25, 0.3) is 0 Å². The molecule has 0 atom stereocenters. The van der Waals surface area contributed by atoms with Crippen LogP contribution >= 0.6 is 0 Å². The summed E-state index contributed by atoms with van der Waals surface area (Å²) in [5.41, 5.74) is 0.930. The van der Waals surface area contributed by atoms with Crippen LogP contribution in [0.5, 0.6) is 0 Å². The third-order valence-electron chi connectivity index (χ3n) is 3.73. The van der Waals surface area contributed by atoms with Crippen LogP contribution in [0, 0.1) is 17.5 Å². The van der Waals surface area contributed by atoms with Gasteiger partial charge in [0.2, 0.25) is 5.95 Å². The molecule has 1 N–H and O–H groups in total. The molecule has 0 bridgehead atoms. The summed E-state index contributed by atoms with van der Waals surface area (Å²) in [5, 5.41) is 11.7. The highest BCUT2D eigenvalue weighted by atomic mass is 19.2. The van der Waals surface area contributed by atoms with Crippen molar-refractivity contribution in [3.8, 4) is 0 Å². The number of rotatable bonds is 4. The molecular weight excluding hydrogens is 347 g/mol. The number of benzene rings is 1. The monoisotopic (exact) mass is 359 g/mol. The second-order valence-electron chi connectivity index (χ2n) is 5.66. The van der Waals surface area contributed by atoms with Crippen molar-refractivity contribution < 1.29 is 13.2 Å². The molecule has 0 fully saturated rings. The molecule has 0 unspecified atom stereocenters. The number of nitrogens with one attached hydrogen (secondary N) is 1. The summed E-state index contributed by atoms with van der Waals surface area (Å²) >= 11 is 0. The molecule has 1 aromatic carbocycles. The van der Waals surface area contributed by atoms with E-state index in [-0.39, 0.29) is 18.1 Å². The third kappa shape index (κ3) is 2.96. The Bertz CT molecular complexity index is 1100. The van der Waals surface area contributed by atoms with E-state index in [9.17, 15) is 13.2 Å². The average Bonchev–Trinajstić information content (AvgIpc) is 3.18. The van der Waals surface area contributed by atoms with Crippen molar-refractivity contribution in [1.29, 1.82) is 0 Å². The van der Waals surface area contributed by atoms with Gasteiger partial charge in [-0.3, -0.25) is 4.68 Å². The van der Waals surface area contributed by atoms with Crippen molar-refractivity contribution in [2.75, 3.05) is 5.32 Å². The van der Waals surface area contributed by atoms with Crippen LogP contribution in [0.2, 0.25) is 0 Å². The molecule has 4 rings (SSSR count). The summed E-state index contributed by atoms with van der Waals surface area (Å²) < 4.78 is 43.7. The maximum atomic E-state index is 13.9. The lowest BCUT2D eigenvalue weighted by Gasteiger charge is -2.07. The molecule has 0 radical (unpaired) electrons. The highest BCUT2D eigenvalue weighted by Gasteiger charge is 2.14. The Hall–Kier alpha value is -3.43. The number of nitrogens with zero attached hydrogens (tertiary/aromatic N) is 6. The van der Waals surface area contributed by atoms with Crippen molar-refractivity contribution >= 4 is 22.7 Å². The smallest absolute Gasteiger partial charge is 0.229 e. The minimum Gasteiger partial charge on any atom is -0.321 e. The molecule has 0 aliphatic heterocycles. The molecule has 0 amide bonds. The second-order valence-corrected chi connectivity index (χ2v) is 5.66. The predicted molar refractivity (Wildman–Crippen MR) is 87.2 cm³/mol. The first-order chi connectivity index (χ1) is 12.5. The average molecular weight is 359 g/mol.